The molecule has 0 spiro atoms. The van der Waals surface area contributed by atoms with Gasteiger partial charge in [-0.1, -0.05) is 0 Å². The molecule has 1 heterocycles. The van der Waals surface area contributed by atoms with Gasteiger partial charge in [0.05, 0.1) is 15.7 Å². The lowest BCUT2D eigenvalue weighted by Crippen LogP contribution is -2.40. The van der Waals surface area contributed by atoms with E-state index in [2.05, 4.69) is 10.4 Å². The maximum Gasteiger partial charge on any atom is 0.435 e. The van der Waals surface area contributed by atoms with Gasteiger partial charge in [0, 0.05) is 19.2 Å². The van der Waals surface area contributed by atoms with E-state index in [1.54, 1.807) is 0 Å². The Morgan fingerprint density at radius 3 is 2.12 bits per heavy atom. The monoisotopic (exact) mass is 501 g/mol. The second-order valence-electron chi connectivity index (χ2n) is 7.70. The molecule has 0 aliphatic heterocycles. The molecule has 0 atom stereocenters. The molecule has 1 aliphatic rings. The van der Waals surface area contributed by atoms with E-state index >= 15 is 0 Å². The number of aromatic nitrogens is 2. The Balaban J connectivity index is 1.68. The van der Waals surface area contributed by atoms with Gasteiger partial charge in [-0.25, -0.2) is 12.8 Å². The minimum absolute atomic E-state index is 0.0374. The maximum atomic E-state index is 13.6. The second-order valence-corrected chi connectivity index (χ2v) is 9.93. The molecule has 14 heteroatoms. The quantitative estimate of drug-likeness (QED) is 0.640. The minimum Gasteiger partial charge on any atom is -0.348 e. The Labute approximate surface area is 183 Å². The Bertz CT molecular complexity index is 1150. The molecular formula is C19H18F7N3O3S. The minimum atomic E-state index is -4.92. The highest BCUT2D eigenvalue weighted by Crippen LogP contribution is 2.35. The molecule has 6 nitrogen and oxygen atoms in total. The van der Waals surface area contributed by atoms with E-state index in [0.717, 1.165) is 4.68 Å². The van der Waals surface area contributed by atoms with Crippen LogP contribution >= 0.6 is 0 Å². The number of carbonyl (C=O) groups excluding carboxylic acids is 1. The molecule has 1 amide bonds. The first kappa shape index (κ1) is 25.0. The lowest BCUT2D eigenvalue weighted by molar-refractivity contribution is -0.141. The molecule has 1 aliphatic carbocycles. The predicted octanol–water partition coefficient (Wildman–Crippen LogP) is 4.11. The van der Waals surface area contributed by atoms with Crippen molar-refractivity contribution in [1.29, 1.82) is 0 Å². The number of amides is 1. The lowest BCUT2D eigenvalue weighted by Gasteiger charge is -2.29. The summed E-state index contributed by atoms with van der Waals surface area (Å²) in [5, 5.41) is 4.67. The highest BCUT2D eigenvalue weighted by atomic mass is 32.2. The molecular weight excluding hydrogens is 483 g/mol. The zero-order valence-corrected chi connectivity index (χ0v) is 17.8. The van der Waals surface area contributed by atoms with Crippen LogP contribution in [0.25, 0.3) is 0 Å². The molecule has 1 fully saturated rings. The zero-order valence-electron chi connectivity index (χ0n) is 17.0. The fourth-order valence-electron chi connectivity index (χ4n) is 3.68. The molecule has 1 saturated carbocycles. The summed E-state index contributed by atoms with van der Waals surface area (Å²) in [6.45, 7) is 0. The number of halogens is 7. The maximum absolute atomic E-state index is 13.6. The number of alkyl halides is 6. The van der Waals surface area contributed by atoms with E-state index in [4.69, 9.17) is 0 Å². The van der Waals surface area contributed by atoms with Crippen molar-refractivity contribution in [2.24, 2.45) is 7.05 Å². The van der Waals surface area contributed by atoms with Gasteiger partial charge in [-0.15, -0.1) is 0 Å². The smallest absolute Gasteiger partial charge is 0.348 e. The van der Waals surface area contributed by atoms with Gasteiger partial charge in [0.15, 0.2) is 15.5 Å². The van der Waals surface area contributed by atoms with E-state index in [-0.39, 0.29) is 37.4 Å². The van der Waals surface area contributed by atoms with Gasteiger partial charge < -0.3 is 5.32 Å². The number of hydrogen-bond donors (Lipinski definition) is 1. The largest absolute Gasteiger partial charge is 0.435 e. The van der Waals surface area contributed by atoms with Gasteiger partial charge in [0.2, 0.25) is 0 Å². The molecule has 0 saturated heterocycles. The Morgan fingerprint density at radius 1 is 1.00 bits per heavy atom. The van der Waals surface area contributed by atoms with Crippen molar-refractivity contribution in [1.82, 2.24) is 15.1 Å². The lowest BCUT2D eigenvalue weighted by atomic mass is 9.95. The summed E-state index contributed by atoms with van der Waals surface area (Å²) in [5.74, 6) is -2.16. The summed E-state index contributed by atoms with van der Waals surface area (Å²) in [4.78, 5) is 11.6. The molecule has 1 aromatic carbocycles. The molecule has 0 radical (unpaired) electrons. The summed E-state index contributed by atoms with van der Waals surface area (Å²) in [7, 11) is -3.11. The number of nitrogens with one attached hydrogen (secondary N) is 1. The number of rotatable bonds is 4. The van der Waals surface area contributed by atoms with Crippen LogP contribution in [0.4, 0.5) is 30.7 Å². The Hall–Kier alpha value is -2.64. The van der Waals surface area contributed by atoms with Crippen molar-refractivity contribution in [2.45, 2.75) is 54.2 Å². The average molecular weight is 501 g/mol. The van der Waals surface area contributed by atoms with Crippen LogP contribution in [0.5, 0.6) is 0 Å². The van der Waals surface area contributed by atoms with Crippen LogP contribution in [0.2, 0.25) is 0 Å². The van der Waals surface area contributed by atoms with Gasteiger partial charge in [0.1, 0.15) is 11.5 Å². The van der Waals surface area contributed by atoms with E-state index in [1.165, 1.54) is 7.05 Å². The predicted molar refractivity (Wildman–Crippen MR) is 100 cm³/mol. The molecule has 1 N–H and O–H groups in total. The summed E-state index contributed by atoms with van der Waals surface area (Å²) < 4.78 is 117. The highest BCUT2D eigenvalue weighted by Gasteiger charge is 2.38. The van der Waals surface area contributed by atoms with Crippen molar-refractivity contribution in [3.05, 3.63) is 47.0 Å². The van der Waals surface area contributed by atoms with Crippen LogP contribution in [0, 0.1) is 5.82 Å². The average Bonchev–Trinajstić information content (AvgIpc) is 3.09. The fraction of sp³-hybridized carbons (Fsp3) is 0.474. The van der Waals surface area contributed by atoms with Crippen LogP contribution in [0.3, 0.4) is 0 Å². The molecule has 33 heavy (non-hydrogen) atoms. The van der Waals surface area contributed by atoms with Crippen LogP contribution in [0.15, 0.2) is 29.2 Å². The third-order valence-corrected chi connectivity index (χ3v) is 7.62. The van der Waals surface area contributed by atoms with Gasteiger partial charge in [-0.2, -0.15) is 31.4 Å². The van der Waals surface area contributed by atoms with E-state index in [0.29, 0.717) is 18.2 Å². The normalized spacial score (nSPS) is 20.0. The van der Waals surface area contributed by atoms with Gasteiger partial charge in [-0.05, 0) is 43.9 Å². The highest BCUT2D eigenvalue weighted by molar-refractivity contribution is 7.92. The molecule has 182 valence electrons. The van der Waals surface area contributed by atoms with Crippen LogP contribution in [-0.2, 0) is 29.2 Å². The van der Waals surface area contributed by atoms with Crippen molar-refractivity contribution in [3.63, 3.8) is 0 Å². The number of hydrogen-bond acceptors (Lipinski definition) is 4. The van der Waals surface area contributed by atoms with Crippen molar-refractivity contribution >= 4 is 15.7 Å². The first-order valence-electron chi connectivity index (χ1n) is 9.63. The number of nitrogens with zero attached hydrogens (tertiary/aromatic N) is 2. The summed E-state index contributed by atoms with van der Waals surface area (Å²) >= 11 is 0. The molecule has 3 rings (SSSR count). The summed E-state index contributed by atoms with van der Waals surface area (Å²) in [6, 6.07) is 1.14. The van der Waals surface area contributed by atoms with E-state index in [1.807, 2.05) is 0 Å². The van der Waals surface area contributed by atoms with Crippen LogP contribution in [-0.4, -0.2) is 35.4 Å². The Kier molecular flexibility index (Phi) is 6.52. The van der Waals surface area contributed by atoms with Gasteiger partial charge in [0.25, 0.3) is 5.91 Å². The topological polar surface area (TPSA) is 81.1 Å². The number of aryl methyl sites for hydroxylation is 1. The molecule has 2 aromatic rings. The first-order chi connectivity index (χ1) is 15.1. The van der Waals surface area contributed by atoms with Crippen LogP contribution in [0.1, 0.15) is 47.4 Å². The summed E-state index contributed by atoms with van der Waals surface area (Å²) in [6.07, 6.45) is -9.51. The number of carbonyl (C=O) groups is 1. The second kappa shape index (κ2) is 8.61. The van der Waals surface area contributed by atoms with Gasteiger partial charge >= 0.3 is 12.4 Å². The van der Waals surface area contributed by atoms with Crippen molar-refractivity contribution in [3.8, 4) is 0 Å². The molecule has 0 unspecified atom stereocenters. The standard InChI is InChI=1S/C19H18F7N3O3S/c1-29-15(9-16(28-29)19(24,25)26)17(30)27-12-2-4-13(5-3-12)33(31,32)14-7-10(18(21,22)23)6-11(20)8-14/h6-9,12-13H,2-5H2,1H3,(H,27,30)/t12-,13+. The van der Waals surface area contributed by atoms with Crippen LogP contribution < -0.4 is 5.32 Å². The van der Waals surface area contributed by atoms with E-state index in [9.17, 15) is 43.9 Å². The third-order valence-electron chi connectivity index (χ3n) is 5.38. The number of benzene rings is 1. The Morgan fingerprint density at radius 2 is 1.61 bits per heavy atom. The third kappa shape index (κ3) is 5.47. The zero-order chi connectivity index (χ0) is 24.8. The van der Waals surface area contributed by atoms with E-state index < -0.39 is 61.4 Å². The number of sulfone groups is 1. The SMILES string of the molecule is Cn1nc(C(F)(F)F)cc1C(=O)N[C@H]1CC[C@@H](S(=O)(=O)c2cc(F)cc(C(F)(F)F)c2)CC1. The first-order valence-corrected chi connectivity index (χ1v) is 11.2. The summed E-state index contributed by atoms with van der Waals surface area (Å²) in [5.41, 5.74) is -2.99. The van der Waals surface area contributed by atoms with Crippen molar-refractivity contribution < 1.29 is 43.9 Å². The van der Waals surface area contributed by atoms with Gasteiger partial charge in [-0.3, -0.25) is 9.48 Å². The molecule has 1 aromatic heterocycles. The van der Waals surface area contributed by atoms with Crippen molar-refractivity contribution in [2.75, 3.05) is 0 Å². The molecule has 0 bridgehead atoms. The fourth-order valence-corrected chi connectivity index (χ4v) is 5.52.